The molecule has 0 heterocycles. The van der Waals surface area contributed by atoms with Gasteiger partial charge in [0.25, 0.3) is 0 Å². The molecule has 0 aliphatic heterocycles. The van der Waals surface area contributed by atoms with Crippen molar-refractivity contribution in [1.29, 1.82) is 0 Å². The maximum absolute atomic E-state index is 11.1. The first-order chi connectivity index (χ1) is 7.88. The topological polar surface area (TPSA) is 34.1 Å². The molecular formula is C15H24O2. The SMILES string of the molecule is C=C(CCC=O)[C@H]1CC(C)(C)[C@H]1CCC(C)=O. The zero-order valence-corrected chi connectivity index (χ0v) is 11.3. The van der Waals surface area contributed by atoms with Crippen LogP contribution in [0.4, 0.5) is 0 Å². The maximum atomic E-state index is 11.1. The normalized spacial score (nSPS) is 26.1. The van der Waals surface area contributed by atoms with E-state index < -0.39 is 0 Å². The van der Waals surface area contributed by atoms with E-state index >= 15 is 0 Å². The molecule has 0 aromatic carbocycles. The molecule has 2 heteroatoms. The van der Waals surface area contributed by atoms with E-state index in [1.165, 1.54) is 5.57 Å². The van der Waals surface area contributed by atoms with Crippen molar-refractivity contribution in [3.05, 3.63) is 12.2 Å². The number of rotatable bonds is 7. The predicted molar refractivity (Wildman–Crippen MR) is 69.7 cm³/mol. The molecule has 96 valence electrons. The summed E-state index contributed by atoms with van der Waals surface area (Å²) in [5.74, 6) is 1.35. The van der Waals surface area contributed by atoms with Gasteiger partial charge in [-0.1, -0.05) is 26.0 Å². The van der Waals surface area contributed by atoms with Crippen molar-refractivity contribution in [3.63, 3.8) is 0 Å². The van der Waals surface area contributed by atoms with Gasteiger partial charge in [-0.25, -0.2) is 0 Å². The largest absolute Gasteiger partial charge is 0.303 e. The number of Topliss-reactive ketones (excluding diaryl/α,β-unsaturated/α-hetero) is 1. The van der Waals surface area contributed by atoms with Crippen LogP contribution in [0.3, 0.4) is 0 Å². The summed E-state index contributed by atoms with van der Waals surface area (Å²) in [4.78, 5) is 21.5. The summed E-state index contributed by atoms with van der Waals surface area (Å²) in [5.41, 5.74) is 1.52. The summed E-state index contributed by atoms with van der Waals surface area (Å²) in [5, 5.41) is 0. The number of carbonyl (C=O) groups is 2. The van der Waals surface area contributed by atoms with E-state index in [-0.39, 0.29) is 5.78 Å². The van der Waals surface area contributed by atoms with Crippen molar-refractivity contribution >= 4 is 12.1 Å². The Kier molecular flexibility index (Phi) is 4.67. The molecule has 1 rings (SSSR count). The van der Waals surface area contributed by atoms with E-state index in [2.05, 4.69) is 20.4 Å². The van der Waals surface area contributed by atoms with Crippen LogP contribution < -0.4 is 0 Å². The average Bonchev–Trinajstić information content (AvgIpc) is 2.22. The molecule has 0 saturated heterocycles. The molecular weight excluding hydrogens is 212 g/mol. The standard InChI is InChI=1S/C15H24O2/c1-11(6-5-9-16)13-10-15(3,4)14(13)8-7-12(2)17/h9,13-14H,1,5-8,10H2,2-4H3/t13-,14+/m1/s1. The van der Waals surface area contributed by atoms with E-state index in [0.29, 0.717) is 30.1 Å². The molecule has 0 spiro atoms. The highest BCUT2D eigenvalue weighted by molar-refractivity contribution is 5.75. The van der Waals surface area contributed by atoms with Gasteiger partial charge in [0.15, 0.2) is 0 Å². The van der Waals surface area contributed by atoms with Crippen molar-refractivity contribution in [2.75, 3.05) is 0 Å². The Balaban J connectivity index is 2.53. The van der Waals surface area contributed by atoms with Gasteiger partial charge in [-0.3, -0.25) is 0 Å². The van der Waals surface area contributed by atoms with Gasteiger partial charge in [-0.2, -0.15) is 0 Å². The molecule has 0 aromatic heterocycles. The molecule has 1 aliphatic rings. The Morgan fingerprint density at radius 1 is 1.41 bits per heavy atom. The van der Waals surface area contributed by atoms with E-state index in [0.717, 1.165) is 25.5 Å². The molecule has 0 aromatic rings. The van der Waals surface area contributed by atoms with E-state index in [1.54, 1.807) is 6.92 Å². The van der Waals surface area contributed by atoms with Crippen molar-refractivity contribution in [2.45, 2.75) is 52.9 Å². The van der Waals surface area contributed by atoms with E-state index in [4.69, 9.17) is 0 Å². The summed E-state index contributed by atoms with van der Waals surface area (Å²) < 4.78 is 0. The quantitative estimate of drug-likeness (QED) is 0.500. The van der Waals surface area contributed by atoms with Gasteiger partial charge in [-0.15, -0.1) is 0 Å². The fraction of sp³-hybridized carbons (Fsp3) is 0.733. The smallest absolute Gasteiger partial charge is 0.129 e. The fourth-order valence-corrected chi connectivity index (χ4v) is 3.05. The Hall–Kier alpha value is -0.920. The average molecular weight is 236 g/mol. The lowest BCUT2D eigenvalue weighted by molar-refractivity contribution is -0.118. The van der Waals surface area contributed by atoms with Gasteiger partial charge in [0.05, 0.1) is 0 Å². The molecule has 1 fully saturated rings. The van der Waals surface area contributed by atoms with E-state index in [9.17, 15) is 9.59 Å². The minimum atomic E-state index is 0.268. The molecule has 0 radical (unpaired) electrons. The zero-order chi connectivity index (χ0) is 13.1. The molecule has 2 nitrogen and oxygen atoms in total. The van der Waals surface area contributed by atoms with Gasteiger partial charge in [-0.05, 0) is 43.4 Å². The second-order valence-corrected chi connectivity index (χ2v) is 6.01. The highest BCUT2D eigenvalue weighted by Crippen LogP contribution is 2.55. The van der Waals surface area contributed by atoms with Crippen molar-refractivity contribution < 1.29 is 9.59 Å². The van der Waals surface area contributed by atoms with Crippen molar-refractivity contribution in [2.24, 2.45) is 17.3 Å². The zero-order valence-electron chi connectivity index (χ0n) is 11.3. The number of ketones is 1. The van der Waals surface area contributed by atoms with Crippen LogP contribution in [0.5, 0.6) is 0 Å². The number of carbonyl (C=O) groups excluding carboxylic acids is 2. The monoisotopic (exact) mass is 236 g/mol. The van der Waals surface area contributed by atoms with Crippen LogP contribution in [0.15, 0.2) is 12.2 Å². The number of allylic oxidation sites excluding steroid dienone is 1. The van der Waals surface area contributed by atoms with Gasteiger partial charge in [0.1, 0.15) is 12.1 Å². The van der Waals surface area contributed by atoms with Crippen LogP contribution in [0.2, 0.25) is 0 Å². The lowest BCUT2D eigenvalue weighted by atomic mass is 9.52. The van der Waals surface area contributed by atoms with Crippen LogP contribution in [-0.2, 0) is 9.59 Å². The first-order valence-corrected chi connectivity index (χ1v) is 6.49. The Bertz CT molecular complexity index is 315. The summed E-state index contributed by atoms with van der Waals surface area (Å²) in [6.45, 7) is 10.3. The van der Waals surface area contributed by atoms with Crippen LogP contribution in [0, 0.1) is 17.3 Å². The summed E-state index contributed by atoms with van der Waals surface area (Å²) >= 11 is 0. The second-order valence-electron chi connectivity index (χ2n) is 6.01. The summed E-state index contributed by atoms with van der Waals surface area (Å²) in [6.07, 6.45) is 5.13. The van der Waals surface area contributed by atoms with Crippen molar-refractivity contribution in [1.82, 2.24) is 0 Å². The molecule has 0 unspecified atom stereocenters. The van der Waals surface area contributed by atoms with Gasteiger partial charge >= 0.3 is 0 Å². The molecule has 0 bridgehead atoms. The fourth-order valence-electron chi connectivity index (χ4n) is 3.05. The lowest BCUT2D eigenvalue weighted by Gasteiger charge is -2.53. The van der Waals surface area contributed by atoms with Crippen LogP contribution in [0.1, 0.15) is 52.9 Å². The predicted octanol–water partition coefficient (Wildman–Crippen LogP) is 3.55. The minimum absolute atomic E-state index is 0.268. The number of hydrogen-bond acceptors (Lipinski definition) is 2. The second kappa shape index (κ2) is 5.61. The maximum Gasteiger partial charge on any atom is 0.129 e. The van der Waals surface area contributed by atoms with Gasteiger partial charge in [0.2, 0.25) is 0 Å². The number of aldehydes is 1. The van der Waals surface area contributed by atoms with Crippen LogP contribution >= 0.6 is 0 Å². The third-order valence-corrected chi connectivity index (χ3v) is 4.15. The molecule has 17 heavy (non-hydrogen) atoms. The Morgan fingerprint density at radius 3 is 2.53 bits per heavy atom. The number of hydrogen-bond donors (Lipinski definition) is 0. The first kappa shape index (κ1) is 14.1. The van der Waals surface area contributed by atoms with E-state index in [1.807, 2.05) is 0 Å². The highest BCUT2D eigenvalue weighted by Gasteiger charge is 2.47. The Morgan fingerprint density at radius 2 is 2.06 bits per heavy atom. The molecule has 0 amide bonds. The van der Waals surface area contributed by atoms with Crippen LogP contribution in [-0.4, -0.2) is 12.1 Å². The van der Waals surface area contributed by atoms with Gasteiger partial charge < -0.3 is 9.59 Å². The first-order valence-electron chi connectivity index (χ1n) is 6.49. The van der Waals surface area contributed by atoms with Crippen molar-refractivity contribution in [3.8, 4) is 0 Å². The third kappa shape index (κ3) is 3.52. The summed E-state index contributed by atoms with van der Waals surface area (Å²) in [6, 6.07) is 0. The van der Waals surface area contributed by atoms with Gasteiger partial charge in [0, 0.05) is 12.8 Å². The molecule has 1 saturated carbocycles. The lowest BCUT2D eigenvalue weighted by Crippen LogP contribution is -2.44. The molecule has 1 aliphatic carbocycles. The molecule has 0 N–H and O–H groups in total. The Labute approximate surface area is 104 Å². The minimum Gasteiger partial charge on any atom is -0.303 e. The van der Waals surface area contributed by atoms with Crippen LogP contribution in [0.25, 0.3) is 0 Å². The molecule has 2 atom stereocenters. The highest BCUT2D eigenvalue weighted by atomic mass is 16.1. The third-order valence-electron chi connectivity index (χ3n) is 4.15. The summed E-state index contributed by atoms with van der Waals surface area (Å²) in [7, 11) is 0.